The lowest BCUT2D eigenvalue weighted by atomic mass is 9.98. The van der Waals surface area contributed by atoms with E-state index in [9.17, 15) is 13.2 Å². The van der Waals surface area contributed by atoms with E-state index in [2.05, 4.69) is 0 Å². The van der Waals surface area contributed by atoms with Crippen LogP contribution >= 0.6 is 0 Å². The number of carbonyl (C=O) groups is 1. The third kappa shape index (κ3) is 3.23. The van der Waals surface area contributed by atoms with Crippen LogP contribution in [0.15, 0.2) is 36.4 Å². The lowest BCUT2D eigenvalue weighted by Gasteiger charge is -2.26. The van der Waals surface area contributed by atoms with Crippen LogP contribution in [-0.4, -0.2) is 30.5 Å². The van der Waals surface area contributed by atoms with Crippen molar-refractivity contribution >= 4 is 21.9 Å². The van der Waals surface area contributed by atoms with Crippen molar-refractivity contribution in [2.45, 2.75) is 18.1 Å². The van der Waals surface area contributed by atoms with Crippen LogP contribution < -0.4 is 0 Å². The van der Waals surface area contributed by atoms with Crippen molar-refractivity contribution in [3.63, 3.8) is 0 Å². The minimum absolute atomic E-state index is 0.0700. The Morgan fingerprint density at radius 3 is 2.58 bits per heavy atom. The fourth-order valence-corrected chi connectivity index (χ4v) is 4.26. The quantitative estimate of drug-likeness (QED) is 0.919. The first-order chi connectivity index (χ1) is 9.00. The Morgan fingerprint density at radius 1 is 1.26 bits per heavy atom. The van der Waals surface area contributed by atoms with Crippen molar-refractivity contribution in [1.82, 2.24) is 0 Å². The van der Waals surface area contributed by atoms with Gasteiger partial charge in [0, 0.05) is 0 Å². The van der Waals surface area contributed by atoms with E-state index in [1.807, 2.05) is 30.3 Å². The molecule has 5 heteroatoms. The molecule has 1 fully saturated rings. The van der Waals surface area contributed by atoms with Gasteiger partial charge in [0.2, 0.25) is 0 Å². The van der Waals surface area contributed by atoms with Crippen molar-refractivity contribution in [1.29, 1.82) is 0 Å². The van der Waals surface area contributed by atoms with E-state index in [-0.39, 0.29) is 5.75 Å². The molecule has 102 valence electrons. The summed E-state index contributed by atoms with van der Waals surface area (Å²) in [4.78, 5) is 11.2. The highest BCUT2D eigenvalue weighted by atomic mass is 32.2. The molecule has 1 N–H and O–H groups in total. The largest absolute Gasteiger partial charge is 0.481 e. The molecular weight excluding hydrogens is 264 g/mol. The van der Waals surface area contributed by atoms with Gasteiger partial charge in [-0.15, -0.1) is 0 Å². The predicted octanol–water partition coefficient (Wildman–Crippen LogP) is 1.98. The van der Waals surface area contributed by atoms with Gasteiger partial charge in [0.05, 0.1) is 16.9 Å². The number of rotatable bonds is 3. The second-order valence-electron chi connectivity index (χ2n) is 4.69. The molecule has 0 aromatic heterocycles. The smallest absolute Gasteiger partial charge is 0.308 e. The van der Waals surface area contributed by atoms with E-state index in [0.717, 1.165) is 5.56 Å². The standard InChI is InChI=1S/C14H16O4S/c15-14(16)12-7-4-10-19(17,18)13(12)9-8-11-5-2-1-3-6-11/h1-3,5-6,8-9,12-13H,4,7,10H2,(H,15,16)/b9-8-/t12-,13+/m1/s1. The molecule has 1 aromatic rings. The molecule has 19 heavy (non-hydrogen) atoms. The minimum Gasteiger partial charge on any atom is -0.481 e. The van der Waals surface area contributed by atoms with Gasteiger partial charge in [-0.2, -0.15) is 0 Å². The predicted molar refractivity (Wildman–Crippen MR) is 73.4 cm³/mol. The van der Waals surface area contributed by atoms with Crippen LogP contribution in [0.1, 0.15) is 18.4 Å². The van der Waals surface area contributed by atoms with Crippen molar-refractivity contribution in [2.24, 2.45) is 5.92 Å². The number of sulfone groups is 1. The van der Waals surface area contributed by atoms with Gasteiger partial charge in [-0.1, -0.05) is 42.5 Å². The van der Waals surface area contributed by atoms with Crippen LogP contribution in [0.5, 0.6) is 0 Å². The molecule has 1 aliphatic heterocycles. The third-order valence-corrected chi connectivity index (χ3v) is 5.52. The van der Waals surface area contributed by atoms with E-state index in [1.54, 1.807) is 6.08 Å². The summed E-state index contributed by atoms with van der Waals surface area (Å²) in [6.45, 7) is 0. The van der Waals surface area contributed by atoms with Gasteiger partial charge < -0.3 is 5.11 Å². The molecule has 0 unspecified atom stereocenters. The topological polar surface area (TPSA) is 71.4 Å². The maximum Gasteiger partial charge on any atom is 0.308 e. The molecule has 0 aliphatic carbocycles. The summed E-state index contributed by atoms with van der Waals surface area (Å²) in [7, 11) is -3.36. The molecule has 2 atom stereocenters. The van der Waals surface area contributed by atoms with Crippen LogP contribution in [0.3, 0.4) is 0 Å². The zero-order valence-corrected chi connectivity index (χ0v) is 11.2. The van der Waals surface area contributed by atoms with Gasteiger partial charge in [0.1, 0.15) is 0 Å². The summed E-state index contributed by atoms with van der Waals surface area (Å²) in [6.07, 6.45) is 4.04. The van der Waals surface area contributed by atoms with Crippen LogP contribution in [0, 0.1) is 5.92 Å². The number of hydrogen-bond donors (Lipinski definition) is 1. The minimum atomic E-state index is -3.36. The second-order valence-corrected chi connectivity index (χ2v) is 6.97. The molecule has 1 saturated heterocycles. The number of benzene rings is 1. The van der Waals surface area contributed by atoms with E-state index in [0.29, 0.717) is 12.8 Å². The Kier molecular flexibility index (Phi) is 4.04. The molecule has 0 saturated carbocycles. The van der Waals surface area contributed by atoms with Gasteiger partial charge in [-0.05, 0) is 18.4 Å². The third-order valence-electron chi connectivity index (χ3n) is 3.35. The lowest BCUT2D eigenvalue weighted by Crippen LogP contribution is -2.39. The van der Waals surface area contributed by atoms with E-state index in [1.165, 1.54) is 6.08 Å². The van der Waals surface area contributed by atoms with Gasteiger partial charge in [0.15, 0.2) is 9.84 Å². The summed E-state index contributed by atoms with van der Waals surface area (Å²) in [5.41, 5.74) is 0.868. The number of carboxylic acid groups (broad SMARTS) is 1. The molecule has 1 heterocycles. The van der Waals surface area contributed by atoms with Crippen LogP contribution in [0.4, 0.5) is 0 Å². The SMILES string of the molecule is O=C(O)[C@@H]1CCCS(=O)(=O)[C@H]1/C=C\c1ccccc1. The molecule has 2 rings (SSSR count). The van der Waals surface area contributed by atoms with E-state index < -0.39 is 27.0 Å². The fraction of sp³-hybridized carbons (Fsp3) is 0.357. The average molecular weight is 280 g/mol. The maximum absolute atomic E-state index is 12.0. The molecular formula is C14H16O4S. The van der Waals surface area contributed by atoms with Crippen LogP contribution in [0.25, 0.3) is 6.08 Å². The summed E-state index contributed by atoms with van der Waals surface area (Å²) >= 11 is 0. The fourth-order valence-electron chi connectivity index (χ4n) is 2.34. The van der Waals surface area contributed by atoms with Gasteiger partial charge in [-0.3, -0.25) is 4.79 Å². The first kappa shape index (κ1) is 13.8. The monoisotopic (exact) mass is 280 g/mol. The zero-order chi connectivity index (χ0) is 13.9. The zero-order valence-electron chi connectivity index (χ0n) is 10.4. The van der Waals surface area contributed by atoms with Gasteiger partial charge in [-0.25, -0.2) is 8.42 Å². The molecule has 0 radical (unpaired) electrons. The lowest BCUT2D eigenvalue weighted by molar-refractivity contribution is -0.141. The molecule has 0 bridgehead atoms. The Labute approximate surface area is 112 Å². The maximum atomic E-state index is 12.0. The number of carboxylic acids is 1. The van der Waals surface area contributed by atoms with Crippen molar-refractivity contribution < 1.29 is 18.3 Å². The van der Waals surface area contributed by atoms with Crippen molar-refractivity contribution in [3.8, 4) is 0 Å². The van der Waals surface area contributed by atoms with Gasteiger partial charge >= 0.3 is 5.97 Å². The Balaban J connectivity index is 2.28. The highest BCUT2D eigenvalue weighted by Gasteiger charge is 2.39. The van der Waals surface area contributed by atoms with Gasteiger partial charge in [0.25, 0.3) is 0 Å². The number of hydrogen-bond acceptors (Lipinski definition) is 3. The van der Waals surface area contributed by atoms with Crippen LogP contribution in [-0.2, 0) is 14.6 Å². The average Bonchev–Trinajstić information content (AvgIpc) is 2.37. The van der Waals surface area contributed by atoms with Crippen molar-refractivity contribution in [2.75, 3.05) is 5.75 Å². The van der Waals surface area contributed by atoms with E-state index in [4.69, 9.17) is 5.11 Å². The Bertz CT molecular complexity index is 575. The first-order valence-electron chi connectivity index (χ1n) is 6.18. The molecule has 1 aromatic carbocycles. The highest BCUT2D eigenvalue weighted by Crippen LogP contribution is 2.27. The first-order valence-corrected chi connectivity index (χ1v) is 7.90. The molecule has 0 amide bonds. The summed E-state index contributed by atoms with van der Waals surface area (Å²) in [5.74, 6) is -1.80. The molecule has 4 nitrogen and oxygen atoms in total. The normalized spacial score (nSPS) is 26.3. The van der Waals surface area contributed by atoms with E-state index >= 15 is 0 Å². The van der Waals surface area contributed by atoms with Crippen molar-refractivity contribution in [3.05, 3.63) is 42.0 Å². The number of aliphatic carboxylic acids is 1. The highest BCUT2D eigenvalue weighted by molar-refractivity contribution is 7.92. The molecule has 1 aliphatic rings. The summed E-state index contributed by atoms with van der Waals surface area (Å²) in [6, 6.07) is 9.27. The molecule has 0 spiro atoms. The second kappa shape index (κ2) is 5.57. The van der Waals surface area contributed by atoms with Crippen LogP contribution in [0.2, 0.25) is 0 Å². The summed E-state index contributed by atoms with van der Waals surface area (Å²) in [5, 5.41) is 8.22. The Hall–Kier alpha value is -1.62. The summed E-state index contributed by atoms with van der Waals surface area (Å²) < 4.78 is 24.0. The Morgan fingerprint density at radius 2 is 1.95 bits per heavy atom.